The highest BCUT2D eigenvalue weighted by Crippen LogP contribution is 2.41. The maximum absolute atomic E-state index is 11.0. The van der Waals surface area contributed by atoms with Crippen LogP contribution < -0.4 is 0 Å². The number of carboxylic acids is 2. The van der Waals surface area contributed by atoms with E-state index in [9.17, 15) is 30.0 Å². The third-order valence-corrected chi connectivity index (χ3v) is 3.55. The predicted molar refractivity (Wildman–Crippen MR) is 82.3 cm³/mol. The van der Waals surface area contributed by atoms with Gasteiger partial charge in [-0.2, -0.15) is 0 Å². The van der Waals surface area contributed by atoms with Gasteiger partial charge in [0.1, 0.15) is 40.2 Å². The Hall–Kier alpha value is -3.46. The van der Waals surface area contributed by atoms with Crippen LogP contribution in [0.25, 0.3) is 0 Å². The highest BCUT2D eigenvalue weighted by Gasteiger charge is 2.26. The van der Waals surface area contributed by atoms with Crippen LogP contribution in [0.1, 0.15) is 37.9 Å². The summed E-state index contributed by atoms with van der Waals surface area (Å²) in [7, 11) is 1.20. The summed E-state index contributed by atoms with van der Waals surface area (Å²) in [6.07, 6.45) is -1.22. The molecule has 9 nitrogen and oxygen atoms in total. The smallest absolute Gasteiger partial charge is 0.339 e. The first-order valence-electron chi connectivity index (χ1n) is 6.78. The van der Waals surface area contributed by atoms with E-state index >= 15 is 0 Å². The van der Waals surface area contributed by atoms with E-state index < -0.39 is 52.2 Å². The van der Waals surface area contributed by atoms with E-state index in [1.165, 1.54) is 7.11 Å². The van der Waals surface area contributed by atoms with E-state index in [-0.39, 0.29) is 11.1 Å². The van der Waals surface area contributed by atoms with Crippen LogP contribution in [0.4, 0.5) is 0 Å². The summed E-state index contributed by atoms with van der Waals surface area (Å²) in [6.45, 7) is 0. The van der Waals surface area contributed by atoms with E-state index in [0.29, 0.717) is 0 Å². The van der Waals surface area contributed by atoms with Gasteiger partial charge in [0.15, 0.2) is 0 Å². The van der Waals surface area contributed by atoms with Crippen LogP contribution in [0.3, 0.4) is 0 Å². The van der Waals surface area contributed by atoms with Crippen LogP contribution >= 0.6 is 0 Å². The highest BCUT2D eigenvalue weighted by molar-refractivity contribution is 5.92. The van der Waals surface area contributed by atoms with Gasteiger partial charge in [-0.25, -0.2) is 9.59 Å². The third-order valence-electron chi connectivity index (χ3n) is 3.55. The molecule has 0 saturated carbocycles. The molecule has 0 saturated heterocycles. The van der Waals surface area contributed by atoms with Gasteiger partial charge in [-0.05, 0) is 24.3 Å². The van der Waals surface area contributed by atoms with E-state index in [1.54, 1.807) is 0 Å². The topological polar surface area (TPSA) is 165 Å². The standard InChI is InChI=1S/C16H14O9/c1-25-14(6-2-12(19)8(15(21)22)4-10(6)17)7-3-13(20)9(16(23)24)5-11(7)18/h2-5,14,17-20H,1H3,(H,21,22)(H,23,24). The van der Waals surface area contributed by atoms with Crippen LogP contribution in [0, 0.1) is 0 Å². The number of aromatic carboxylic acids is 2. The summed E-state index contributed by atoms with van der Waals surface area (Å²) in [5, 5.41) is 57.5. The average Bonchev–Trinajstić information content (AvgIpc) is 2.53. The second kappa shape index (κ2) is 6.57. The summed E-state index contributed by atoms with van der Waals surface area (Å²) in [6, 6.07) is 3.49. The Balaban J connectivity index is 2.62. The number of ether oxygens (including phenoxy) is 1. The lowest BCUT2D eigenvalue weighted by Gasteiger charge is -2.20. The average molecular weight is 350 g/mol. The molecule has 0 radical (unpaired) electrons. The molecule has 6 N–H and O–H groups in total. The number of hydrogen-bond acceptors (Lipinski definition) is 7. The Morgan fingerprint density at radius 1 is 0.760 bits per heavy atom. The number of methoxy groups -OCH3 is 1. The van der Waals surface area contributed by atoms with Gasteiger partial charge in [0.2, 0.25) is 0 Å². The molecule has 2 aromatic rings. The number of phenolic OH excluding ortho intramolecular Hbond substituents is 2. The summed E-state index contributed by atoms with van der Waals surface area (Å²) in [5.41, 5.74) is -1.26. The molecule has 0 fully saturated rings. The predicted octanol–water partition coefficient (Wildman–Crippen LogP) is 1.64. The molecule has 0 unspecified atom stereocenters. The fourth-order valence-corrected chi connectivity index (χ4v) is 2.37. The maximum atomic E-state index is 11.0. The van der Waals surface area contributed by atoms with Gasteiger partial charge < -0.3 is 35.4 Å². The van der Waals surface area contributed by atoms with Crippen molar-refractivity contribution in [3.8, 4) is 23.0 Å². The first-order valence-corrected chi connectivity index (χ1v) is 6.78. The monoisotopic (exact) mass is 350 g/mol. The molecule has 0 heterocycles. The fourth-order valence-electron chi connectivity index (χ4n) is 2.37. The van der Waals surface area contributed by atoms with Gasteiger partial charge in [-0.3, -0.25) is 0 Å². The number of rotatable bonds is 5. The molecule has 132 valence electrons. The number of phenols is 4. The van der Waals surface area contributed by atoms with Gasteiger partial charge in [-0.15, -0.1) is 0 Å². The van der Waals surface area contributed by atoms with Gasteiger partial charge in [0.05, 0.1) is 0 Å². The number of benzene rings is 2. The molecule has 0 aromatic heterocycles. The van der Waals surface area contributed by atoms with E-state index in [0.717, 1.165) is 24.3 Å². The number of carbonyl (C=O) groups is 2. The lowest BCUT2D eigenvalue weighted by molar-refractivity contribution is 0.0682. The lowest BCUT2D eigenvalue weighted by Crippen LogP contribution is -2.07. The molecular weight excluding hydrogens is 336 g/mol. The molecule has 0 amide bonds. The molecule has 25 heavy (non-hydrogen) atoms. The van der Waals surface area contributed by atoms with Crippen molar-refractivity contribution in [2.45, 2.75) is 6.10 Å². The highest BCUT2D eigenvalue weighted by atomic mass is 16.5. The molecule has 2 aromatic carbocycles. The first kappa shape index (κ1) is 17.9. The largest absolute Gasteiger partial charge is 0.508 e. The molecule has 0 atom stereocenters. The Labute approximate surface area is 140 Å². The van der Waals surface area contributed by atoms with Crippen LogP contribution in [0.15, 0.2) is 24.3 Å². The minimum Gasteiger partial charge on any atom is -0.508 e. The van der Waals surface area contributed by atoms with Crippen molar-refractivity contribution in [3.63, 3.8) is 0 Å². The first-order chi connectivity index (χ1) is 11.7. The van der Waals surface area contributed by atoms with Crippen molar-refractivity contribution in [1.82, 2.24) is 0 Å². The molecular formula is C16H14O9. The quantitative estimate of drug-likeness (QED) is 0.440. The summed E-state index contributed by atoms with van der Waals surface area (Å²) < 4.78 is 5.16. The second-order valence-corrected chi connectivity index (χ2v) is 5.08. The summed E-state index contributed by atoms with van der Waals surface area (Å²) >= 11 is 0. The zero-order valence-electron chi connectivity index (χ0n) is 12.8. The third kappa shape index (κ3) is 3.26. The van der Waals surface area contributed by atoms with Crippen LogP contribution in [-0.2, 0) is 4.74 Å². The van der Waals surface area contributed by atoms with Gasteiger partial charge in [0, 0.05) is 18.2 Å². The molecule has 9 heteroatoms. The van der Waals surface area contributed by atoms with Crippen molar-refractivity contribution in [2.24, 2.45) is 0 Å². The van der Waals surface area contributed by atoms with Crippen molar-refractivity contribution in [1.29, 1.82) is 0 Å². The van der Waals surface area contributed by atoms with Crippen LogP contribution in [0.2, 0.25) is 0 Å². The lowest BCUT2D eigenvalue weighted by atomic mass is 9.96. The zero-order valence-corrected chi connectivity index (χ0v) is 12.8. The van der Waals surface area contributed by atoms with E-state index in [4.69, 9.17) is 14.9 Å². The molecule has 0 aliphatic carbocycles. The molecule has 2 rings (SSSR count). The van der Waals surface area contributed by atoms with Crippen molar-refractivity contribution in [2.75, 3.05) is 7.11 Å². The Kier molecular flexibility index (Phi) is 4.70. The Morgan fingerprint density at radius 2 is 1.12 bits per heavy atom. The molecule has 0 bridgehead atoms. The maximum Gasteiger partial charge on any atom is 0.339 e. The van der Waals surface area contributed by atoms with E-state index in [2.05, 4.69) is 0 Å². The van der Waals surface area contributed by atoms with Crippen LogP contribution in [-0.4, -0.2) is 49.7 Å². The zero-order chi connectivity index (χ0) is 18.9. The minimum atomic E-state index is -1.46. The molecule has 0 aliphatic rings. The normalized spacial score (nSPS) is 10.8. The van der Waals surface area contributed by atoms with Gasteiger partial charge in [-0.1, -0.05) is 0 Å². The summed E-state index contributed by atoms with van der Waals surface area (Å²) in [5.74, 6) is -5.29. The number of aromatic hydroxyl groups is 4. The number of hydrogen-bond donors (Lipinski definition) is 6. The van der Waals surface area contributed by atoms with Crippen molar-refractivity contribution in [3.05, 3.63) is 46.5 Å². The number of carboxylic acid groups (broad SMARTS) is 2. The Morgan fingerprint density at radius 3 is 1.40 bits per heavy atom. The second-order valence-electron chi connectivity index (χ2n) is 5.08. The van der Waals surface area contributed by atoms with Gasteiger partial charge in [0.25, 0.3) is 0 Å². The fraction of sp³-hybridized carbons (Fsp3) is 0.125. The summed E-state index contributed by atoms with van der Waals surface area (Å²) in [4.78, 5) is 21.9. The molecule has 0 spiro atoms. The van der Waals surface area contributed by atoms with E-state index in [1.807, 2.05) is 0 Å². The van der Waals surface area contributed by atoms with Crippen LogP contribution in [0.5, 0.6) is 23.0 Å². The van der Waals surface area contributed by atoms with Gasteiger partial charge >= 0.3 is 11.9 Å². The van der Waals surface area contributed by atoms with Crippen molar-refractivity contribution >= 4 is 11.9 Å². The SMILES string of the molecule is COC(c1cc(O)c(C(=O)O)cc1O)c1cc(O)c(C(=O)O)cc1O. The Bertz CT molecular complexity index is 788. The molecule has 0 aliphatic heterocycles. The van der Waals surface area contributed by atoms with Crippen molar-refractivity contribution < 1.29 is 45.0 Å². The minimum absolute atomic E-state index is 0.0947.